The number of halogens is 1. The summed E-state index contributed by atoms with van der Waals surface area (Å²) >= 11 is 6.11. The van der Waals surface area contributed by atoms with Crippen LogP contribution < -0.4 is 0 Å². The number of carbonyl (C=O) groups is 1. The average Bonchev–Trinajstić information content (AvgIpc) is 2.62. The molecule has 0 bridgehead atoms. The predicted octanol–water partition coefficient (Wildman–Crippen LogP) is 4.75. The normalized spacial score (nSPS) is 16.4. The zero-order chi connectivity index (χ0) is 17.8. The van der Waals surface area contributed by atoms with E-state index in [0.717, 1.165) is 37.1 Å². The van der Waals surface area contributed by atoms with Gasteiger partial charge in [-0.05, 0) is 80.4 Å². The van der Waals surface area contributed by atoms with Gasteiger partial charge in [0.2, 0.25) is 0 Å². The van der Waals surface area contributed by atoms with E-state index in [9.17, 15) is 9.90 Å². The first-order valence-corrected chi connectivity index (χ1v) is 8.91. The van der Waals surface area contributed by atoms with E-state index in [2.05, 4.69) is 11.9 Å². The van der Waals surface area contributed by atoms with E-state index in [1.807, 2.05) is 30.3 Å². The summed E-state index contributed by atoms with van der Waals surface area (Å²) in [6.07, 6.45) is 5.30. The largest absolute Gasteiger partial charge is 0.507 e. The summed E-state index contributed by atoms with van der Waals surface area (Å²) in [5, 5.41) is 10.7. The Bertz CT molecular complexity index is 792. The number of rotatable bonds is 4. The lowest BCUT2D eigenvalue weighted by Gasteiger charge is -2.29. The second kappa shape index (κ2) is 7.85. The molecule has 4 heteroatoms. The Kier molecular flexibility index (Phi) is 5.57. The van der Waals surface area contributed by atoms with Crippen molar-refractivity contribution in [2.45, 2.75) is 18.8 Å². The first-order valence-electron chi connectivity index (χ1n) is 8.53. The van der Waals surface area contributed by atoms with Crippen LogP contribution in [-0.2, 0) is 0 Å². The Morgan fingerprint density at radius 1 is 1.20 bits per heavy atom. The maximum Gasteiger partial charge on any atom is 0.189 e. The minimum absolute atomic E-state index is 0.0190. The van der Waals surface area contributed by atoms with Crippen LogP contribution in [0, 0.1) is 0 Å². The lowest BCUT2D eigenvalue weighted by molar-refractivity contribution is 0.104. The summed E-state index contributed by atoms with van der Waals surface area (Å²) in [6, 6.07) is 12.7. The molecular formula is C21H22ClNO2. The van der Waals surface area contributed by atoms with Crippen molar-refractivity contribution in [3.63, 3.8) is 0 Å². The number of phenols is 1. The Labute approximate surface area is 153 Å². The minimum atomic E-state index is -0.216. The van der Waals surface area contributed by atoms with Gasteiger partial charge < -0.3 is 10.0 Å². The van der Waals surface area contributed by atoms with Crippen LogP contribution in [0.15, 0.2) is 48.5 Å². The summed E-state index contributed by atoms with van der Waals surface area (Å²) in [6.45, 7) is 2.11. The summed E-state index contributed by atoms with van der Waals surface area (Å²) < 4.78 is 0. The van der Waals surface area contributed by atoms with Gasteiger partial charge in [0.15, 0.2) is 5.78 Å². The quantitative estimate of drug-likeness (QED) is 0.635. The molecule has 1 aliphatic rings. The highest BCUT2D eigenvalue weighted by atomic mass is 35.5. The second-order valence-electron chi connectivity index (χ2n) is 6.57. The molecule has 3 nitrogen and oxygen atoms in total. The Morgan fingerprint density at radius 2 is 1.92 bits per heavy atom. The highest BCUT2D eigenvalue weighted by Crippen LogP contribution is 2.31. The molecule has 1 N–H and O–H groups in total. The van der Waals surface area contributed by atoms with Gasteiger partial charge in [-0.15, -0.1) is 0 Å². The van der Waals surface area contributed by atoms with Crippen molar-refractivity contribution in [1.82, 2.24) is 4.90 Å². The molecule has 0 atom stereocenters. The fourth-order valence-corrected chi connectivity index (χ4v) is 3.41. The maximum atomic E-state index is 12.5. The van der Waals surface area contributed by atoms with E-state index in [0.29, 0.717) is 16.5 Å². The Hall–Kier alpha value is -2.10. The molecule has 0 aliphatic carbocycles. The van der Waals surface area contributed by atoms with Crippen molar-refractivity contribution in [1.29, 1.82) is 0 Å². The molecule has 130 valence electrons. The van der Waals surface area contributed by atoms with Crippen LogP contribution in [0.4, 0.5) is 0 Å². The molecule has 25 heavy (non-hydrogen) atoms. The van der Waals surface area contributed by atoms with E-state index in [1.54, 1.807) is 18.2 Å². The van der Waals surface area contributed by atoms with E-state index in [4.69, 9.17) is 11.6 Å². The highest BCUT2D eigenvalue weighted by molar-refractivity contribution is 6.32. The zero-order valence-corrected chi connectivity index (χ0v) is 15.0. The molecule has 1 heterocycles. The number of benzene rings is 2. The third kappa shape index (κ3) is 4.30. The SMILES string of the molecule is CN1CCC(c2ccc(O)c(C(=O)/C=C/c3ccccc3Cl)c2)CC1. The van der Waals surface area contributed by atoms with Crippen LogP contribution in [0.25, 0.3) is 6.08 Å². The number of carbonyl (C=O) groups excluding carboxylic acids is 1. The van der Waals surface area contributed by atoms with Crippen LogP contribution in [0.5, 0.6) is 5.75 Å². The van der Waals surface area contributed by atoms with Gasteiger partial charge in [-0.25, -0.2) is 0 Å². The summed E-state index contributed by atoms with van der Waals surface area (Å²) in [4.78, 5) is 14.9. The van der Waals surface area contributed by atoms with Crippen molar-refractivity contribution in [2.75, 3.05) is 20.1 Å². The van der Waals surface area contributed by atoms with Crippen molar-refractivity contribution in [3.8, 4) is 5.75 Å². The third-order valence-corrected chi connectivity index (χ3v) is 5.14. The van der Waals surface area contributed by atoms with Crippen molar-refractivity contribution in [3.05, 3.63) is 70.3 Å². The van der Waals surface area contributed by atoms with Crippen LogP contribution in [0.1, 0.15) is 40.2 Å². The molecule has 2 aromatic carbocycles. The van der Waals surface area contributed by atoms with E-state index < -0.39 is 0 Å². The summed E-state index contributed by atoms with van der Waals surface area (Å²) in [7, 11) is 2.13. The number of aromatic hydroxyl groups is 1. The van der Waals surface area contributed by atoms with Gasteiger partial charge in [0.1, 0.15) is 5.75 Å². The molecule has 0 spiro atoms. The molecule has 0 saturated carbocycles. The fourth-order valence-electron chi connectivity index (χ4n) is 3.21. The summed E-state index contributed by atoms with van der Waals surface area (Å²) in [5.41, 5.74) is 2.25. The van der Waals surface area contributed by atoms with Crippen LogP contribution >= 0.6 is 11.6 Å². The smallest absolute Gasteiger partial charge is 0.189 e. The van der Waals surface area contributed by atoms with Crippen LogP contribution in [0.2, 0.25) is 5.02 Å². The number of likely N-dealkylation sites (tertiary alicyclic amines) is 1. The number of nitrogens with zero attached hydrogens (tertiary/aromatic N) is 1. The van der Waals surface area contributed by atoms with Gasteiger partial charge in [-0.3, -0.25) is 4.79 Å². The van der Waals surface area contributed by atoms with Crippen molar-refractivity contribution in [2.24, 2.45) is 0 Å². The first-order chi connectivity index (χ1) is 12.0. The molecule has 0 radical (unpaired) electrons. The third-order valence-electron chi connectivity index (χ3n) is 4.80. The van der Waals surface area contributed by atoms with Crippen molar-refractivity contribution >= 4 is 23.5 Å². The monoisotopic (exact) mass is 355 g/mol. The second-order valence-corrected chi connectivity index (χ2v) is 6.98. The lowest BCUT2D eigenvalue weighted by atomic mass is 9.88. The van der Waals surface area contributed by atoms with Gasteiger partial charge in [0, 0.05) is 5.02 Å². The first kappa shape index (κ1) is 17.7. The number of hydrogen-bond donors (Lipinski definition) is 1. The molecule has 0 unspecified atom stereocenters. The standard InChI is InChI=1S/C21H22ClNO2/c1-23-12-10-15(11-13-23)17-7-9-21(25)18(14-17)20(24)8-6-16-4-2-3-5-19(16)22/h2-9,14-15,25H,10-13H2,1H3/b8-6+. The minimum Gasteiger partial charge on any atom is -0.507 e. The molecule has 2 aromatic rings. The van der Waals surface area contributed by atoms with Crippen LogP contribution in [0.3, 0.4) is 0 Å². The number of hydrogen-bond acceptors (Lipinski definition) is 3. The molecule has 0 amide bonds. The summed E-state index contributed by atoms with van der Waals surface area (Å²) in [5.74, 6) is 0.244. The number of phenolic OH excluding ortho intramolecular Hbond substituents is 1. The van der Waals surface area contributed by atoms with Gasteiger partial charge in [0.05, 0.1) is 5.56 Å². The molecular weight excluding hydrogens is 334 g/mol. The Balaban J connectivity index is 1.80. The lowest BCUT2D eigenvalue weighted by Crippen LogP contribution is -2.29. The highest BCUT2D eigenvalue weighted by Gasteiger charge is 2.20. The predicted molar refractivity (Wildman–Crippen MR) is 102 cm³/mol. The van der Waals surface area contributed by atoms with E-state index >= 15 is 0 Å². The molecule has 3 rings (SSSR count). The van der Waals surface area contributed by atoms with Gasteiger partial charge in [0.25, 0.3) is 0 Å². The van der Waals surface area contributed by atoms with E-state index in [-0.39, 0.29) is 11.5 Å². The average molecular weight is 356 g/mol. The van der Waals surface area contributed by atoms with Gasteiger partial charge in [-0.1, -0.05) is 35.9 Å². The topological polar surface area (TPSA) is 40.5 Å². The number of allylic oxidation sites excluding steroid dienone is 1. The fraction of sp³-hybridized carbons (Fsp3) is 0.286. The van der Waals surface area contributed by atoms with Crippen LogP contribution in [-0.4, -0.2) is 35.9 Å². The maximum absolute atomic E-state index is 12.5. The van der Waals surface area contributed by atoms with Gasteiger partial charge >= 0.3 is 0 Å². The molecule has 0 aromatic heterocycles. The van der Waals surface area contributed by atoms with E-state index in [1.165, 1.54) is 6.08 Å². The molecule has 1 saturated heterocycles. The van der Waals surface area contributed by atoms with Crippen molar-refractivity contribution < 1.29 is 9.90 Å². The number of ketones is 1. The Morgan fingerprint density at radius 3 is 2.64 bits per heavy atom. The molecule has 1 fully saturated rings. The zero-order valence-electron chi connectivity index (χ0n) is 14.3. The molecule has 1 aliphatic heterocycles. The van der Waals surface area contributed by atoms with Gasteiger partial charge in [-0.2, -0.15) is 0 Å². The number of piperidine rings is 1.